The summed E-state index contributed by atoms with van der Waals surface area (Å²) >= 11 is 0. The minimum absolute atomic E-state index is 0.0112. The van der Waals surface area contributed by atoms with Gasteiger partial charge in [0.2, 0.25) is 0 Å². The molecule has 0 unspecified atom stereocenters. The molecule has 72 valence electrons. The van der Waals surface area contributed by atoms with Gasteiger partial charge >= 0.3 is 5.97 Å². The van der Waals surface area contributed by atoms with Gasteiger partial charge in [-0.15, -0.1) is 0 Å². The fourth-order valence-corrected chi connectivity index (χ4v) is 1.54. The van der Waals surface area contributed by atoms with Crippen molar-refractivity contribution in [3.8, 4) is 0 Å². The second-order valence-corrected chi connectivity index (χ2v) is 3.19. The molecular formula is C10H10N2O2. The van der Waals surface area contributed by atoms with E-state index in [1.165, 1.54) is 0 Å². The summed E-state index contributed by atoms with van der Waals surface area (Å²) in [6.07, 6.45) is 0. The third-order valence-electron chi connectivity index (χ3n) is 2.32. The predicted molar refractivity (Wildman–Crippen MR) is 52.3 cm³/mol. The van der Waals surface area contributed by atoms with Gasteiger partial charge < -0.3 is 10.5 Å². The number of hydrogen-bond donors (Lipinski definition) is 2. The van der Waals surface area contributed by atoms with Crippen LogP contribution in [-0.4, -0.2) is 18.3 Å². The van der Waals surface area contributed by atoms with Crippen LogP contribution in [0.3, 0.4) is 0 Å². The van der Waals surface area contributed by atoms with Crippen molar-refractivity contribution in [3.63, 3.8) is 0 Å². The maximum absolute atomic E-state index is 11.0. The summed E-state index contributed by atoms with van der Waals surface area (Å²) in [5, 5.41) is 7.52. The lowest BCUT2D eigenvalue weighted by atomic mass is 9.95. The van der Waals surface area contributed by atoms with E-state index in [9.17, 15) is 4.79 Å². The Morgan fingerprint density at radius 1 is 1.43 bits per heavy atom. The number of ether oxygens (including phenoxy) is 1. The summed E-state index contributed by atoms with van der Waals surface area (Å²) in [4.78, 5) is 11.0. The number of hydrogen-bond acceptors (Lipinski definition) is 4. The van der Waals surface area contributed by atoms with Gasteiger partial charge in [-0.05, 0) is 11.6 Å². The zero-order valence-corrected chi connectivity index (χ0v) is 7.49. The average Bonchev–Trinajstić information content (AvgIpc) is 2.49. The third kappa shape index (κ3) is 1.25. The highest BCUT2D eigenvalue weighted by Crippen LogP contribution is 2.27. The van der Waals surface area contributed by atoms with Gasteiger partial charge in [0.15, 0.2) is 0 Å². The Labute approximate surface area is 81.2 Å². The Balaban J connectivity index is 2.37. The number of carbonyl (C=O) groups excluding carboxylic acids is 1. The number of benzene rings is 1. The molecule has 1 fully saturated rings. The molecule has 1 aliphatic heterocycles. The molecule has 0 saturated carbocycles. The smallest absolute Gasteiger partial charge is 0.352 e. The second-order valence-electron chi connectivity index (χ2n) is 3.19. The fourth-order valence-electron chi connectivity index (χ4n) is 1.54. The molecule has 0 bridgehead atoms. The van der Waals surface area contributed by atoms with Gasteiger partial charge in [-0.3, -0.25) is 5.41 Å². The van der Waals surface area contributed by atoms with E-state index in [1.807, 2.05) is 18.2 Å². The zero-order chi connectivity index (χ0) is 10.1. The number of cyclic esters (lactones) is 1. The number of para-hydroxylation sites is 1. The summed E-state index contributed by atoms with van der Waals surface area (Å²) in [6.45, 7) is 0.228. The maximum atomic E-state index is 11.0. The molecule has 1 aromatic rings. The van der Waals surface area contributed by atoms with Gasteiger partial charge in [0.25, 0.3) is 0 Å². The van der Waals surface area contributed by atoms with Crippen LogP contribution in [-0.2, 0) is 9.53 Å². The van der Waals surface area contributed by atoms with Crippen molar-refractivity contribution in [2.45, 2.75) is 5.92 Å². The van der Waals surface area contributed by atoms with Crippen LogP contribution in [0.5, 0.6) is 0 Å². The van der Waals surface area contributed by atoms with E-state index < -0.39 is 5.97 Å². The van der Waals surface area contributed by atoms with Crippen molar-refractivity contribution in [2.75, 3.05) is 12.3 Å². The molecule has 14 heavy (non-hydrogen) atoms. The van der Waals surface area contributed by atoms with Gasteiger partial charge in [-0.25, -0.2) is 4.79 Å². The Morgan fingerprint density at radius 3 is 2.71 bits per heavy atom. The lowest BCUT2D eigenvalue weighted by molar-refractivity contribution is -0.132. The highest BCUT2D eigenvalue weighted by molar-refractivity contribution is 6.39. The van der Waals surface area contributed by atoms with Crippen LogP contribution >= 0.6 is 0 Å². The van der Waals surface area contributed by atoms with Crippen LogP contribution in [0.25, 0.3) is 0 Å². The Hall–Kier alpha value is -1.84. The molecule has 0 radical (unpaired) electrons. The molecular weight excluding hydrogens is 180 g/mol. The predicted octanol–water partition coefficient (Wildman–Crippen LogP) is 0.929. The molecule has 0 aromatic heterocycles. The van der Waals surface area contributed by atoms with Crippen molar-refractivity contribution < 1.29 is 9.53 Å². The largest absolute Gasteiger partial charge is 0.460 e. The van der Waals surface area contributed by atoms with Crippen LogP contribution in [0.15, 0.2) is 24.3 Å². The van der Waals surface area contributed by atoms with E-state index in [0.717, 1.165) is 5.56 Å². The van der Waals surface area contributed by atoms with Gasteiger partial charge in [0.05, 0.1) is 5.92 Å². The maximum Gasteiger partial charge on any atom is 0.352 e. The molecule has 1 atom stereocenters. The normalized spacial score (nSPS) is 21.0. The molecule has 1 heterocycles. The molecule has 4 heteroatoms. The monoisotopic (exact) mass is 190 g/mol. The van der Waals surface area contributed by atoms with E-state index in [1.54, 1.807) is 6.07 Å². The fraction of sp³-hybridized carbons (Fsp3) is 0.200. The van der Waals surface area contributed by atoms with Gasteiger partial charge in [0.1, 0.15) is 12.3 Å². The number of anilines is 1. The van der Waals surface area contributed by atoms with E-state index in [4.69, 9.17) is 15.9 Å². The minimum atomic E-state index is -0.543. The van der Waals surface area contributed by atoms with E-state index >= 15 is 0 Å². The van der Waals surface area contributed by atoms with E-state index in [0.29, 0.717) is 5.69 Å². The van der Waals surface area contributed by atoms with Crippen molar-refractivity contribution in [1.82, 2.24) is 0 Å². The second kappa shape index (κ2) is 3.14. The van der Waals surface area contributed by atoms with Gasteiger partial charge in [0, 0.05) is 5.69 Å². The highest BCUT2D eigenvalue weighted by Gasteiger charge is 2.32. The quantitative estimate of drug-likeness (QED) is 0.511. The molecule has 0 amide bonds. The minimum Gasteiger partial charge on any atom is -0.460 e. The van der Waals surface area contributed by atoms with Crippen LogP contribution < -0.4 is 5.73 Å². The van der Waals surface area contributed by atoms with Crippen molar-refractivity contribution in [3.05, 3.63) is 29.8 Å². The molecule has 2 rings (SSSR count). The Kier molecular flexibility index (Phi) is 1.96. The molecule has 1 saturated heterocycles. The van der Waals surface area contributed by atoms with Gasteiger partial charge in [-0.2, -0.15) is 0 Å². The number of rotatable bonds is 1. The first kappa shape index (κ1) is 8.74. The molecule has 1 aromatic carbocycles. The lowest BCUT2D eigenvalue weighted by Gasteiger charge is -2.09. The lowest BCUT2D eigenvalue weighted by Crippen LogP contribution is -2.13. The number of nitrogen functional groups attached to an aromatic ring is 1. The standard InChI is InChI=1S/C10H10N2O2/c11-8-4-2-1-3-6(8)7-5-14-10(13)9(7)12/h1-4,7,12H,5,11H2/t7-/m1/s1. The summed E-state index contributed by atoms with van der Waals surface area (Å²) in [5.74, 6) is -0.845. The Morgan fingerprint density at radius 2 is 2.14 bits per heavy atom. The molecule has 0 spiro atoms. The molecule has 1 aliphatic rings. The third-order valence-corrected chi connectivity index (χ3v) is 2.32. The summed E-state index contributed by atoms with van der Waals surface area (Å²) < 4.78 is 4.77. The van der Waals surface area contributed by atoms with Gasteiger partial charge in [-0.1, -0.05) is 18.2 Å². The number of nitrogens with one attached hydrogen (secondary N) is 1. The summed E-state index contributed by atoms with van der Waals surface area (Å²) in [6, 6.07) is 7.23. The van der Waals surface area contributed by atoms with Crippen LogP contribution in [0.4, 0.5) is 5.69 Å². The van der Waals surface area contributed by atoms with E-state index in [-0.39, 0.29) is 18.2 Å². The SMILES string of the molecule is N=C1C(=O)OC[C@@H]1c1ccccc1N. The van der Waals surface area contributed by atoms with Crippen LogP contribution in [0, 0.1) is 5.41 Å². The number of carbonyl (C=O) groups is 1. The Bertz CT molecular complexity index is 401. The summed E-state index contributed by atoms with van der Waals surface area (Å²) in [7, 11) is 0. The number of nitrogens with two attached hydrogens (primary N) is 1. The van der Waals surface area contributed by atoms with E-state index in [2.05, 4.69) is 0 Å². The average molecular weight is 190 g/mol. The number of esters is 1. The first-order valence-electron chi connectivity index (χ1n) is 4.30. The van der Waals surface area contributed by atoms with Crippen molar-refractivity contribution >= 4 is 17.4 Å². The molecule has 0 aliphatic carbocycles. The van der Waals surface area contributed by atoms with Crippen molar-refractivity contribution in [1.29, 1.82) is 5.41 Å². The first-order chi connectivity index (χ1) is 6.70. The van der Waals surface area contributed by atoms with Crippen molar-refractivity contribution in [2.24, 2.45) is 0 Å². The van der Waals surface area contributed by atoms with Crippen LogP contribution in [0.2, 0.25) is 0 Å². The highest BCUT2D eigenvalue weighted by atomic mass is 16.5. The topological polar surface area (TPSA) is 76.2 Å². The molecule has 3 N–H and O–H groups in total. The molecule has 4 nitrogen and oxygen atoms in total. The first-order valence-corrected chi connectivity index (χ1v) is 4.30. The van der Waals surface area contributed by atoms with Crippen LogP contribution in [0.1, 0.15) is 11.5 Å². The summed E-state index contributed by atoms with van der Waals surface area (Å²) in [5.41, 5.74) is 7.13. The zero-order valence-electron chi connectivity index (χ0n) is 7.49.